The number of esters is 1. The second-order valence-corrected chi connectivity index (χ2v) is 14.8. The number of hydrogen-bond acceptors (Lipinski definition) is 8. The number of urea groups is 1. The minimum absolute atomic E-state index is 0.0656. The van der Waals surface area contributed by atoms with Crippen LogP contribution in [0, 0.1) is 0 Å². The normalized spacial score (nSPS) is 11.1. The number of Topliss-reactive ketones (excluding diaryl/α,β-unsaturated/α-hetero) is 1. The van der Waals surface area contributed by atoms with Crippen LogP contribution in [0.3, 0.4) is 0 Å². The molecule has 0 bridgehead atoms. The second-order valence-electron chi connectivity index (χ2n) is 14.8. The van der Waals surface area contributed by atoms with Gasteiger partial charge in [-0.25, -0.2) is 9.59 Å². The Hall–Kier alpha value is -5.72. The SMILES string of the molecule is CC(C)(C)OC(=O)CCCNC(=O)Nc1ccc(CNC(=O)c2ccc(C(=O)NCc3ccc(CC(=O)CCCNC(=O)OC(C)(C)C)cc3)cc2)cc1. The molecule has 13 heteroatoms. The first-order valence-corrected chi connectivity index (χ1v) is 18.0. The van der Waals surface area contributed by atoms with Crippen molar-refractivity contribution in [1.29, 1.82) is 0 Å². The highest BCUT2D eigenvalue weighted by atomic mass is 16.6. The standard InChI is InChI=1S/C41H53N5O8/c1-40(2,3)53-35(48)10-8-23-42-38(51)46-33-21-15-30(16-22-33)27-45-37(50)32-19-17-31(18-20-32)36(49)44-26-29-13-11-28(12-14-29)25-34(47)9-7-24-43-39(52)54-41(4,5)6/h11-22H,7-10,23-27H2,1-6H3,(H,43,52)(H,44,49)(H,45,50)(H2,42,46,51). The highest BCUT2D eigenvalue weighted by Crippen LogP contribution is 2.13. The molecule has 0 radical (unpaired) electrons. The van der Waals surface area contributed by atoms with Crippen LogP contribution in [0.15, 0.2) is 72.8 Å². The minimum atomic E-state index is -0.571. The van der Waals surface area contributed by atoms with Crippen LogP contribution in [0.5, 0.6) is 0 Å². The molecule has 54 heavy (non-hydrogen) atoms. The lowest BCUT2D eigenvalue weighted by atomic mass is 10.0. The van der Waals surface area contributed by atoms with Crippen molar-refractivity contribution in [2.75, 3.05) is 18.4 Å². The summed E-state index contributed by atoms with van der Waals surface area (Å²) in [5.74, 6) is -0.830. The van der Waals surface area contributed by atoms with E-state index < -0.39 is 23.3 Å². The van der Waals surface area contributed by atoms with E-state index >= 15 is 0 Å². The molecule has 0 heterocycles. The van der Waals surface area contributed by atoms with Gasteiger partial charge < -0.3 is 36.1 Å². The summed E-state index contributed by atoms with van der Waals surface area (Å²) in [7, 11) is 0. The van der Waals surface area contributed by atoms with Gasteiger partial charge in [-0.3, -0.25) is 19.2 Å². The molecule has 0 saturated carbocycles. The van der Waals surface area contributed by atoms with E-state index in [2.05, 4.69) is 26.6 Å². The number of nitrogens with one attached hydrogen (secondary N) is 5. The molecule has 3 aromatic rings. The van der Waals surface area contributed by atoms with Gasteiger partial charge in [0.05, 0.1) is 0 Å². The van der Waals surface area contributed by atoms with Crippen molar-refractivity contribution in [3.63, 3.8) is 0 Å². The number of rotatable bonds is 17. The van der Waals surface area contributed by atoms with Gasteiger partial charge in [0, 0.05) is 62.3 Å². The van der Waals surface area contributed by atoms with Gasteiger partial charge in [-0.2, -0.15) is 0 Å². The van der Waals surface area contributed by atoms with Crippen LogP contribution in [-0.2, 0) is 38.6 Å². The quantitative estimate of drug-likeness (QED) is 0.0800. The van der Waals surface area contributed by atoms with Gasteiger partial charge in [-0.05, 0) is 107 Å². The molecule has 0 saturated heterocycles. The molecule has 0 spiro atoms. The first kappa shape index (κ1) is 42.7. The topological polar surface area (TPSA) is 181 Å². The Kier molecular flexibility index (Phi) is 16.2. The Balaban J connectivity index is 1.33. The zero-order chi connectivity index (χ0) is 39.7. The summed E-state index contributed by atoms with van der Waals surface area (Å²) >= 11 is 0. The molecular formula is C41H53N5O8. The molecule has 0 aliphatic rings. The van der Waals surface area contributed by atoms with E-state index in [4.69, 9.17) is 9.47 Å². The van der Waals surface area contributed by atoms with Crippen LogP contribution in [0.2, 0.25) is 0 Å². The van der Waals surface area contributed by atoms with Gasteiger partial charge >= 0.3 is 18.1 Å². The van der Waals surface area contributed by atoms with Crippen molar-refractivity contribution < 1.29 is 38.2 Å². The van der Waals surface area contributed by atoms with E-state index in [1.165, 1.54) is 0 Å². The van der Waals surface area contributed by atoms with Crippen LogP contribution >= 0.6 is 0 Å². The second kappa shape index (κ2) is 20.5. The first-order valence-electron chi connectivity index (χ1n) is 18.0. The summed E-state index contributed by atoms with van der Waals surface area (Å²) in [4.78, 5) is 73.5. The third kappa shape index (κ3) is 17.2. The van der Waals surface area contributed by atoms with Crippen LogP contribution in [-0.4, -0.2) is 60.0 Å². The smallest absolute Gasteiger partial charge is 0.407 e. The maximum atomic E-state index is 12.7. The lowest BCUT2D eigenvalue weighted by Gasteiger charge is -2.19. The number of amides is 5. The predicted molar refractivity (Wildman–Crippen MR) is 206 cm³/mol. The molecule has 0 aromatic heterocycles. The third-order valence-corrected chi connectivity index (χ3v) is 7.52. The van der Waals surface area contributed by atoms with Crippen molar-refractivity contribution in [1.82, 2.24) is 21.3 Å². The number of hydrogen-bond donors (Lipinski definition) is 5. The maximum Gasteiger partial charge on any atom is 0.407 e. The van der Waals surface area contributed by atoms with Crippen LogP contribution in [0.1, 0.15) is 105 Å². The first-order chi connectivity index (χ1) is 25.5. The lowest BCUT2D eigenvalue weighted by Crippen LogP contribution is -2.33. The summed E-state index contributed by atoms with van der Waals surface area (Å²) in [5.41, 5.74) is 2.83. The Bertz CT molecular complexity index is 1600. The van der Waals surface area contributed by atoms with E-state index in [0.717, 1.165) is 16.7 Å². The number of alkyl carbamates (subject to hydrolysis) is 1. The maximum absolute atomic E-state index is 12.7. The lowest BCUT2D eigenvalue weighted by molar-refractivity contribution is -0.154. The average Bonchev–Trinajstić information content (AvgIpc) is 3.09. The van der Waals surface area contributed by atoms with Crippen molar-refractivity contribution >= 4 is 41.4 Å². The van der Waals surface area contributed by atoms with Gasteiger partial charge in [-0.1, -0.05) is 36.4 Å². The van der Waals surface area contributed by atoms with E-state index in [1.807, 2.05) is 24.3 Å². The van der Waals surface area contributed by atoms with Crippen LogP contribution < -0.4 is 26.6 Å². The predicted octanol–water partition coefficient (Wildman–Crippen LogP) is 6.21. The molecule has 0 aliphatic heterocycles. The van der Waals surface area contributed by atoms with Gasteiger partial charge in [0.1, 0.15) is 17.0 Å². The Labute approximate surface area is 317 Å². The third-order valence-electron chi connectivity index (χ3n) is 7.52. The highest BCUT2D eigenvalue weighted by molar-refractivity contribution is 5.97. The van der Waals surface area contributed by atoms with Gasteiger partial charge in [0.25, 0.3) is 11.8 Å². The average molecular weight is 744 g/mol. The molecule has 5 N–H and O–H groups in total. The van der Waals surface area contributed by atoms with Crippen LogP contribution in [0.4, 0.5) is 15.3 Å². The zero-order valence-electron chi connectivity index (χ0n) is 32.1. The van der Waals surface area contributed by atoms with Crippen molar-refractivity contribution in [3.8, 4) is 0 Å². The summed E-state index contributed by atoms with van der Waals surface area (Å²) in [6, 6.07) is 20.4. The number of benzene rings is 3. The van der Waals surface area contributed by atoms with Gasteiger partial charge in [0.15, 0.2) is 0 Å². The minimum Gasteiger partial charge on any atom is -0.460 e. The molecule has 5 amide bonds. The van der Waals surface area contributed by atoms with E-state index in [9.17, 15) is 28.8 Å². The van der Waals surface area contributed by atoms with Crippen molar-refractivity contribution in [2.45, 2.75) is 97.9 Å². The zero-order valence-corrected chi connectivity index (χ0v) is 32.1. The van der Waals surface area contributed by atoms with Crippen LogP contribution in [0.25, 0.3) is 0 Å². The van der Waals surface area contributed by atoms with E-state index in [1.54, 1.807) is 90.1 Å². The number of anilines is 1. The van der Waals surface area contributed by atoms with Gasteiger partial charge in [0.2, 0.25) is 0 Å². The number of carbonyl (C=O) groups is 6. The molecule has 0 unspecified atom stereocenters. The number of carbonyl (C=O) groups excluding carboxylic acids is 6. The van der Waals surface area contributed by atoms with Crippen molar-refractivity contribution in [3.05, 3.63) is 101 Å². The molecule has 0 aliphatic carbocycles. The fraction of sp³-hybridized carbons (Fsp3) is 0.415. The Morgan fingerprint density at radius 2 is 1.00 bits per heavy atom. The summed E-state index contributed by atoms with van der Waals surface area (Å²) < 4.78 is 10.4. The molecule has 0 atom stereocenters. The fourth-order valence-corrected chi connectivity index (χ4v) is 4.93. The largest absolute Gasteiger partial charge is 0.460 e. The Morgan fingerprint density at radius 1 is 0.537 bits per heavy atom. The molecule has 13 nitrogen and oxygen atoms in total. The molecule has 3 rings (SSSR count). The summed E-state index contributed by atoms with van der Waals surface area (Å²) in [6.45, 7) is 12.0. The van der Waals surface area contributed by atoms with E-state index in [0.29, 0.717) is 55.7 Å². The van der Waals surface area contributed by atoms with Gasteiger partial charge in [-0.15, -0.1) is 0 Å². The number of ether oxygens (including phenoxy) is 2. The summed E-state index contributed by atoms with van der Waals surface area (Å²) in [6.07, 6.45) is 1.31. The monoisotopic (exact) mass is 743 g/mol. The molecule has 0 fully saturated rings. The highest BCUT2D eigenvalue weighted by Gasteiger charge is 2.17. The molecular weight excluding hydrogens is 690 g/mol. The molecule has 3 aromatic carbocycles. The fourth-order valence-electron chi connectivity index (χ4n) is 4.93. The number of ketones is 1. The summed E-state index contributed by atoms with van der Waals surface area (Å²) in [5, 5.41) is 13.8. The van der Waals surface area contributed by atoms with Crippen molar-refractivity contribution in [2.24, 2.45) is 0 Å². The Morgan fingerprint density at radius 3 is 1.52 bits per heavy atom. The van der Waals surface area contributed by atoms with E-state index in [-0.39, 0.29) is 43.0 Å². The molecule has 290 valence electrons.